The lowest BCUT2D eigenvalue weighted by atomic mass is 10.0. The van der Waals surface area contributed by atoms with Crippen LogP contribution in [0, 0.1) is 17.0 Å². The molecule has 1 aliphatic carbocycles. The SMILES string of the molecule is O=C(Nc1ccc(F)cc1F)C1(C(=O)N2CCN(c3nc(N4CCOCC4)nc(-n4c(C(F)F)nc5ccccc54)n3)CC2)CC1. The number of carbonyl (C=O) groups excluding carboxylic acids is 2. The first kappa shape index (κ1) is 29.8. The van der Waals surface area contributed by atoms with Gasteiger partial charge in [-0.25, -0.2) is 22.5 Å². The molecular formula is C30H29F4N9O3. The van der Waals surface area contributed by atoms with Crippen LogP contribution in [-0.4, -0.2) is 93.7 Å². The van der Waals surface area contributed by atoms with Gasteiger partial charge in [-0.05, 0) is 37.1 Å². The van der Waals surface area contributed by atoms with Gasteiger partial charge in [-0.15, -0.1) is 0 Å². The van der Waals surface area contributed by atoms with E-state index in [-0.39, 0.29) is 36.6 Å². The fourth-order valence-corrected chi connectivity index (χ4v) is 5.80. The Balaban J connectivity index is 1.13. The maximum Gasteiger partial charge on any atom is 0.296 e. The molecule has 16 heteroatoms. The van der Waals surface area contributed by atoms with Crippen molar-refractivity contribution in [1.82, 2.24) is 29.4 Å². The van der Waals surface area contributed by atoms with E-state index < -0.39 is 35.2 Å². The number of carbonyl (C=O) groups is 2. The number of nitrogens with one attached hydrogen (secondary N) is 1. The number of nitrogens with zero attached hydrogens (tertiary/aromatic N) is 8. The van der Waals surface area contributed by atoms with Crippen LogP contribution in [0.25, 0.3) is 17.0 Å². The maximum absolute atomic E-state index is 14.2. The standard InChI is InChI=1S/C30H29F4N9O3/c31-18-5-6-20(19(32)17-18)36-25(44)30(7-8-30)26(45)40-9-11-41(12-10-40)27-37-28(42-13-15-46-16-14-42)39-29(38-27)43-22-4-2-1-3-21(22)35-24(43)23(33)34/h1-6,17,23H,7-16H2,(H,36,44). The fraction of sp³-hybridized carbons (Fsp3) is 0.400. The van der Waals surface area contributed by atoms with E-state index >= 15 is 0 Å². The van der Waals surface area contributed by atoms with Crippen molar-refractivity contribution in [3.8, 4) is 5.95 Å². The van der Waals surface area contributed by atoms with Crippen LogP contribution in [0.5, 0.6) is 0 Å². The van der Waals surface area contributed by atoms with Crippen LogP contribution in [0.15, 0.2) is 42.5 Å². The van der Waals surface area contributed by atoms with Crippen molar-refractivity contribution < 1.29 is 31.9 Å². The van der Waals surface area contributed by atoms with Crippen molar-refractivity contribution in [1.29, 1.82) is 0 Å². The number of piperazine rings is 1. The smallest absolute Gasteiger partial charge is 0.296 e. The van der Waals surface area contributed by atoms with E-state index in [1.54, 1.807) is 29.2 Å². The second kappa shape index (κ2) is 11.8. The lowest BCUT2D eigenvalue weighted by Gasteiger charge is -2.36. The third-order valence-corrected chi connectivity index (χ3v) is 8.50. The van der Waals surface area contributed by atoms with E-state index in [9.17, 15) is 27.2 Å². The molecule has 2 aliphatic heterocycles. The topological polar surface area (TPSA) is 122 Å². The molecule has 0 spiro atoms. The van der Waals surface area contributed by atoms with Crippen LogP contribution >= 0.6 is 0 Å². The third kappa shape index (κ3) is 5.46. The summed E-state index contributed by atoms with van der Waals surface area (Å²) in [5, 5.41) is 2.44. The monoisotopic (exact) mass is 639 g/mol. The number of hydrogen-bond donors (Lipinski definition) is 1. The first-order valence-corrected chi connectivity index (χ1v) is 14.9. The zero-order valence-electron chi connectivity index (χ0n) is 24.5. The molecule has 0 radical (unpaired) electrons. The Hall–Kier alpha value is -4.86. The second-order valence-electron chi connectivity index (χ2n) is 11.4. The van der Waals surface area contributed by atoms with E-state index in [0.717, 1.165) is 12.1 Å². The van der Waals surface area contributed by atoms with Crippen LogP contribution in [0.1, 0.15) is 25.1 Å². The first-order chi connectivity index (χ1) is 22.2. The molecule has 4 heterocycles. The molecule has 0 bridgehead atoms. The highest BCUT2D eigenvalue weighted by Gasteiger charge is 2.58. The molecule has 7 rings (SSSR count). The van der Waals surface area contributed by atoms with Gasteiger partial charge in [-0.3, -0.25) is 14.2 Å². The number of hydrogen-bond acceptors (Lipinski definition) is 9. The molecule has 2 amide bonds. The predicted molar refractivity (Wildman–Crippen MR) is 158 cm³/mol. The van der Waals surface area contributed by atoms with Crippen LogP contribution in [0.2, 0.25) is 0 Å². The third-order valence-electron chi connectivity index (χ3n) is 8.50. The van der Waals surface area contributed by atoms with Gasteiger partial charge < -0.3 is 24.8 Å². The predicted octanol–water partition coefficient (Wildman–Crippen LogP) is 3.33. The molecule has 3 fully saturated rings. The average molecular weight is 640 g/mol. The molecule has 2 saturated heterocycles. The Bertz CT molecular complexity index is 1800. The Morgan fingerprint density at radius 3 is 2.13 bits per heavy atom. The maximum atomic E-state index is 14.2. The van der Waals surface area contributed by atoms with Gasteiger partial charge in [0.25, 0.3) is 6.43 Å². The average Bonchev–Trinajstić information content (AvgIpc) is 3.80. The highest BCUT2D eigenvalue weighted by atomic mass is 19.3. The Labute approximate surface area is 260 Å². The Morgan fingerprint density at radius 2 is 1.48 bits per heavy atom. The Kier molecular flexibility index (Phi) is 7.66. The molecule has 2 aromatic carbocycles. The summed E-state index contributed by atoms with van der Waals surface area (Å²) in [5.74, 6) is -2.65. The normalized spacial score (nSPS) is 17.9. The van der Waals surface area contributed by atoms with Crippen molar-refractivity contribution in [3.63, 3.8) is 0 Å². The summed E-state index contributed by atoms with van der Waals surface area (Å²) >= 11 is 0. The molecule has 1 saturated carbocycles. The van der Waals surface area contributed by atoms with Crippen LogP contribution in [-0.2, 0) is 14.3 Å². The summed E-state index contributed by atoms with van der Waals surface area (Å²) in [4.78, 5) is 50.0. The molecular weight excluding hydrogens is 610 g/mol. The highest BCUT2D eigenvalue weighted by molar-refractivity contribution is 6.13. The summed E-state index contributed by atoms with van der Waals surface area (Å²) < 4.78 is 62.6. The minimum Gasteiger partial charge on any atom is -0.378 e. The number of aromatic nitrogens is 5. The van der Waals surface area contributed by atoms with Gasteiger partial charge in [-0.2, -0.15) is 15.0 Å². The van der Waals surface area contributed by atoms with E-state index in [2.05, 4.69) is 25.3 Å². The van der Waals surface area contributed by atoms with Crippen LogP contribution in [0.3, 0.4) is 0 Å². The fourth-order valence-electron chi connectivity index (χ4n) is 5.80. The van der Waals surface area contributed by atoms with Crippen molar-refractivity contribution in [2.24, 2.45) is 5.41 Å². The number of rotatable bonds is 7. The van der Waals surface area contributed by atoms with Gasteiger partial charge in [0.05, 0.1) is 29.9 Å². The number of imidazole rings is 1. The number of halogens is 4. The number of alkyl halides is 2. The zero-order valence-corrected chi connectivity index (χ0v) is 24.5. The molecule has 1 N–H and O–H groups in total. The molecule has 0 unspecified atom stereocenters. The van der Waals surface area contributed by atoms with Gasteiger partial charge >= 0.3 is 0 Å². The highest BCUT2D eigenvalue weighted by Crippen LogP contribution is 2.48. The van der Waals surface area contributed by atoms with E-state index in [1.807, 2.05) is 9.80 Å². The molecule has 240 valence electrons. The minimum absolute atomic E-state index is 0.00405. The molecule has 46 heavy (non-hydrogen) atoms. The van der Waals surface area contributed by atoms with E-state index in [1.165, 1.54) is 4.57 Å². The lowest BCUT2D eigenvalue weighted by Crippen LogP contribution is -2.53. The van der Waals surface area contributed by atoms with Gasteiger partial charge in [0, 0.05) is 45.3 Å². The number of amides is 2. The summed E-state index contributed by atoms with van der Waals surface area (Å²) in [7, 11) is 0. The van der Waals surface area contributed by atoms with E-state index in [0.29, 0.717) is 75.3 Å². The first-order valence-electron chi connectivity index (χ1n) is 14.9. The number of para-hydroxylation sites is 2. The van der Waals surface area contributed by atoms with Crippen LogP contribution < -0.4 is 15.1 Å². The summed E-state index contributed by atoms with van der Waals surface area (Å²) in [5.41, 5.74) is -0.717. The number of fused-ring (bicyclic) bond motifs is 1. The van der Waals surface area contributed by atoms with Gasteiger partial charge in [0.15, 0.2) is 5.82 Å². The second-order valence-corrected chi connectivity index (χ2v) is 11.4. The summed E-state index contributed by atoms with van der Waals surface area (Å²) in [6, 6.07) is 9.56. The number of morpholine rings is 1. The number of anilines is 3. The molecule has 2 aromatic heterocycles. The Morgan fingerprint density at radius 1 is 0.826 bits per heavy atom. The van der Waals surface area contributed by atoms with Gasteiger partial charge in [0.1, 0.15) is 17.0 Å². The molecule has 0 atom stereocenters. The number of benzene rings is 2. The van der Waals surface area contributed by atoms with E-state index in [4.69, 9.17) is 4.74 Å². The van der Waals surface area contributed by atoms with Crippen molar-refractivity contribution in [2.75, 3.05) is 67.6 Å². The van der Waals surface area contributed by atoms with Gasteiger partial charge in [-0.1, -0.05) is 12.1 Å². The molecule has 3 aliphatic rings. The molecule has 4 aromatic rings. The molecule has 12 nitrogen and oxygen atoms in total. The minimum atomic E-state index is -2.89. The van der Waals surface area contributed by atoms with Crippen molar-refractivity contribution >= 4 is 40.4 Å². The van der Waals surface area contributed by atoms with Crippen molar-refractivity contribution in [2.45, 2.75) is 19.3 Å². The number of ether oxygens (including phenoxy) is 1. The summed E-state index contributed by atoms with van der Waals surface area (Å²) in [6.07, 6.45) is -2.27. The summed E-state index contributed by atoms with van der Waals surface area (Å²) in [6.45, 7) is 2.99. The quantitative estimate of drug-likeness (QED) is 0.240. The largest absolute Gasteiger partial charge is 0.378 e. The van der Waals surface area contributed by atoms with Crippen LogP contribution in [0.4, 0.5) is 35.1 Å². The van der Waals surface area contributed by atoms with Gasteiger partial charge in [0.2, 0.25) is 29.7 Å². The lowest BCUT2D eigenvalue weighted by molar-refractivity contribution is -0.142. The van der Waals surface area contributed by atoms with Crippen molar-refractivity contribution in [3.05, 3.63) is 59.9 Å². The zero-order chi connectivity index (χ0) is 32.0.